The largest absolute Gasteiger partial charge is 0.399 e. The summed E-state index contributed by atoms with van der Waals surface area (Å²) in [6, 6.07) is 7.86. The first-order valence-electron chi connectivity index (χ1n) is 4.57. The van der Waals surface area contributed by atoms with E-state index in [-0.39, 0.29) is 0 Å². The highest BCUT2D eigenvalue weighted by molar-refractivity contribution is 5.40. The molecule has 2 rings (SSSR count). The summed E-state index contributed by atoms with van der Waals surface area (Å²) in [6.45, 7) is 2.81. The standard InChI is InChI=1S/C11H13N3/c1-9-6-13-14(7-9)8-10-3-2-4-11(12)5-10/h2-7H,8,12H2,1H3. The number of hydrogen-bond acceptors (Lipinski definition) is 2. The first kappa shape index (κ1) is 8.81. The molecule has 0 bridgehead atoms. The summed E-state index contributed by atoms with van der Waals surface area (Å²) in [5.41, 5.74) is 8.83. The molecule has 0 unspecified atom stereocenters. The van der Waals surface area contributed by atoms with Gasteiger partial charge in [0.2, 0.25) is 0 Å². The number of benzene rings is 1. The van der Waals surface area contributed by atoms with Crippen molar-refractivity contribution in [1.29, 1.82) is 0 Å². The van der Waals surface area contributed by atoms with Crippen LogP contribution in [0.3, 0.4) is 0 Å². The number of nitrogens with zero attached hydrogens (tertiary/aromatic N) is 2. The van der Waals surface area contributed by atoms with Crippen LogP contribution >= 0.6 is 0 Å². The Morgan fingerprint density at radius 3 is 2.93 bits per heavy atom. The maximum absolute atomic E-state index is 5.69. The van der Waals surface area contributed by atoms with E-state index >= 15 is 0 Å². The Hall–Kier alpha value is -1.77. The number of hydrogen-bond donors (Lipinski definition) is 1. The van der Waals surface area contributed by atoms with Crippen molar-refractivity contribution in [3.63, 3.8) is 0 Å². The van der Waals surface area contributed by atoms with Gasteiger partial charge in [-0.3, -0.25) is 4.68 Å². The molecule has 2 aromatic rings. The molecule has 0 saturated heterocycles. The Bertz CT molecular complexity index is 432. The zero-order valence-corrected chi connectivity index (χ0v) is 8.14. The van der Waals surface area contributed by atoms with Crippen molar-refractivity contribution in [3.05, 3.63) is 47.8 Å². The predicted octanol–water partition coefficient (Wildman–Crippen LogP) is 1.82. The summed E-state index contributed by atoms with van der Waals surface area (Å²) in [7, 11) is 0. The average molecular weight is 187 g/mol. The summed E-state index contributed by atoms with van der Waals surface area (Å²) in [5.74, 6) is 0. The van der Waals surface area contributed by atoms with E-state index in [2.05, 4.69) is 5.10 Å². The molecule has 3 heteroatoms. The quantitative estimate of drug-likeness (QED) is 0.729. The first-order valence-corrected chi connectivity index (χ1v) is 4.57. The molecule has 0 saturated carbocycles. The Morgan fingerprint density at radius 1 is 1.43 bits per heavy atom. The molecule has 0 aliphatic heterocycles. The number of nitrogens with two attached hydrogens (primary N) is 1. The number of aromatic nitrogens is 2. The highest BCUT2D eigenvalue weighted by Crippen LogP contribution is 2.08. The van der Waals surface area contributed by atoms with Gasteiger partial charge >= 0.3 is 0 Å². The van der Waals surface area contributed by atoms with E-state index < -0.39 is 0 Å². The topological polar surface area (TPSA) is 43.8 Å². The van der Waals surface area contributed by atoms with Crippen molar-refractivity contribution in [2.75, 3.05) is 5.73 Å². The van der Waals surface area contributed by atoms with E-state index in [1.807, 2.05) is 48.3 Å². The third-order valence-electron chi connectivity index (χ3n) is 2.06. The molecule has 72 valence electrons. The van der Waals surface area contributed by atoms with Gasteiger partial charge in [-0.05, 0) is 30.2 Å². The van der Waals surface area contributed by atoms with E-state index in [1.165, 1.54) is 11.1 Å². The van der Waals surface area contributed by atoms with Crippen LogP contribution in [0.15, 0.2) is 36.7 Å². The second kappa shape index (κ2) is 3.54. The zero-order chi connectivity index (χ0) is 9.97. The van der Waals surface area contributed by atoms with E-state index in [0.717, 1.165) is 12.2 Å². The Labute approximate surface area is 83.2 Å². The van der Waals surface area contributed by atoms with Gasteiger partial charge in [-0.15, -0.1) is 0 Å². The van der Waals surface area contributed by atoms with Gasteiger partial charge in [0, 0.05) is 11.9 Å². The molecular weight excluding hydrogens is 174 g/mol. The van der Waals surface area contributed by atoms with E-state index in [4.69, 9.17) is 5.73 Å². The summed E-state index contributed by atoms with van der Waals surface area (Å²) in [4.78, 5) is 0. The summed E-state index contributed by atoms with van der Waals surface area (Å²) in [6.07, 6.45) is 3.87. The summed E-state index contributed by atoms with van der Waals surface area (Å²) >= 11 is 0. The predicted molar refractivity (Wildman–Crippen MR) is 56.9 cm³/mol. The van der Waals surface area contributed by atoms with Gasteiger partial charge in [0.05, 0.1) is 12.7 Å². The van der Waals surface area contributed by atoms with Crippen LogP contribution in [0, 0.1) is 6.92 Å². The molecule has 0 aliphatic rings. The van der Waals surface area contributed by atoms with Crippen molar-refractivity contribution < 1.29 is 0 Å². The van der Waals surface area contributed by atoms with Crippen LogP contribution in [0.25, 0.3) is 0 Å². The van der Waals surface area contributed by atoms with Crippen molar-refractivity contribution in [3.8, 4) is 0 Å². The van der Waals surface area contributed by atoms with Gasteiger partial charge in [-0.25, -0.2) is 0 Å². The number of anilines is 1. The lowest BCUT2D eigenvalue weighted by atomic mass is 10.2. The monoisotopic (exact) mass is 187 g/mol. The SMILES string of the molecule is Cc1cnn(Cc2cccc(N)c2)c1. The van der Waals surface area contributed by atoms with Crippen LogP contribution in [0.4, 0.5) is 5.69 Å². The van der Waals surface area contributed by atoms with Crippen LogP contribution in [0.5, 0.6) is 0 Å². The molecule has 1 aromatic heterocycles. The molecule has 2 N–H and O–H groups in total. The fourth-order valence-corrected chi connectivity index (χ4v) is 1.43. The molecular formula is C11H13N3. The van der Waals surface area contributed by atoms with Crippen LogP contribution in [-0.4, -0.2) is 9.78 Å². The number of nitrogen functional groups attached to an aromatic ring is 1. The second-order valence-electron chi connectivity index (χ2n) is 3.46. The van der Waals surface area contributed by atoms with E-state index in [0.29, 0.717) is 0 Å². The number of rotatable bonds is 2. The number of aryl methyl sites for hydroxylation is 1. The maximum atomic E-state index is 5.69. The lowest BCUT2D eigenvalue weighted by Gasteiger charge is -2.02. The molecule has 0 atom stereocenters. The van der Waals surface area contributed by atoms with Gasteiger partial charge in [0.15, 0.2) is 0 Å². The van der Waals surface area contributed by atoms with Gasteiger partial charge in [-0.1, -0.05) is 12.1 Å². The molecule has 0 radical (unpaired) electrons. The highest BCUT2D eigenvalue weighted by Gasteiger charge is 1.96. The Kier molecular flexibility index (Phi) is 2.23. The fraction of sp³-hybridized carbons (Fsp3) is 0.182. The van der Waals surface area contributed by atoms with Crippen molar-refractivity contribution >= 4 is 5.69 Å². The summed E-state index contributed by atoms with van der Waals surface area (Å²) < 4.78 is 1.91. The third kappa shape index (κ3) is 1.93. The third-order valence-corrected chi connectivity index (χ3v) is 2.06. The van der Waals surface area contributed by atoms with Crippen LogP contribution in [-0.2, 0) is 6.54 Å². The highest BCUT2D eigenvalue weighted by atomic mass is 15.3. The molecule has 1 heterocycles. The maximum Gasteiger partial charge on any atom is 0.0660 e. The van der Waals surface area contributed by atoms with Crippen LogP contribution in [0.1, 0.15) is 11.1 Å². The van der Waals surface area contributed by atoms with E-state index in [1.54, 1.807) is 0 Å². The zero-order valence-electron chi connectivity index (χ0n) is 8.14. The lowest BCUT2D eigenvalue weighted by Crippen LogP contribution is -2.00. The van der Waals surface area contributed by atoms with Crippen LogP contribution in [0.2, 0.25) is 0 Å². The molecule has 14 heavy (non-hydrogen) atoms. The van der Waals surface area contributed by atoms with Gasteiger partial charge in [0.1, 0.15) is 0 Å². The second-order valence-corrected chi connectivity index (χ2v) is 3.46. The van der Waals surface area contributed by atoms with Crippen molar-refractivity contribution in [2.45, 2.75) is 13.5 Å². The molecule has 1 aromatic carbocycles. The van der Waals surface area contributed by atoms with Crippen molar-refractivity contribution in [2.24, 2.45) is 0 Å². The molecule has 0 spiro atoms. The molecule has 0 amide bonds. The molecule has 0 aliphatic carbocycles. The minimum Gasteiger partial charge on any atom is -0.399 e. The van der Waals surface area contributed by atoms with Crippen molar-refractivity contribution in [1.82, 2.24) is 9.78 Å². The molecule has 3 nitrogen and oxygen atoms in total. The minimum atomic E-state index is 0.777. The van der Waals surface area contributed by atoms with Gasteiger partial charge in [-0.2, -0.15) is 5.10 Å². The smallest absolute Gasteiger partial charge is 0.0660 e. The molecule has 0 fully saturated rings. The van der Waals surface area contributed by atoms with Gasteiger partial charge < -0.3 is 5.73 Å². The fourth-order valence-electron chi connectivity index (χ4n) is 1.43. The average Bonchev–Trinajstić information content (AvgIpc) is 2.51. The van der Waals surface area contributed by atoms with Gasteiger partial charge in [0.25, 0.3) is 0 Å². The Balaban J connectivity index is 2.18. The van der Waals surface area contributed by atoms with E-state index in [9.17, 15) is 0 Å². The minimum absolute atomic E-state index is 0.777. The lowest BCUT2D eigenvalue weighted by molar-refractivity contribution is 0.687. The van der Waals surface area contributed by atoms with Crippen LogP contribution < -0.4 is 5.73 Å². The summed E-state index contributed by atoms with van der Waals surface area (Å²) in [5, 5.41) is 4.22. The normalized spacial score (nSPS) is 10.4. The first-order chi connectivity index (χ1) is 6.74. The Morgan fingerprint density at radius 2 is 2.29 bits per heavy atom.